The van der Waals surface area contributed by atoms with Gasteiger partial charge in [0.05, 0.1) is 4.92 Å². The molecule has 2 N–H and O–H groups in total. The zero-order valence-corrected chi connectivity index (χ0v) is 15.2. The van der Waals surface area contributed by atoms with E-state index in [1.54, 1.807) is 0 Å². The fraction of sp³-hybridized carbons (Fsp3) is 0.200. The SMILES string of the molecule is CC(=O)N[C@@H](Cc1c[nH]c2ccccc12)C(=O)OCc1ccc([N+](=O)[O-])cc1. The predicted octanol–water partition coefficient (Wildman–Crippen LogP) is 2.87. The summed E-state index contributed by atoms with van der Waals surface area (Å²) in [4.78, 5) is 37.4. The van der Waals surface area contributed by atoms with E-state index in [-0.39, 0.29) is 24.6 Å². The molecular formula is C20H19N3O5. The lowest BCUT2D eigenvalue weighted by Gasteiger charge is -2.16. The highest BCUT2D eigenvalue weighted by Gasteiger charge is 2.23. The van der Waals surface area contributed by atoms with Crippen molar-refractivity contribution in [3.8, 4) is 0 Å². The third-order valence-electron chi connectivity index (χ3n) is 4.29. The number of H-pyrrole nitrogens is 1. The Morgan fingerprint density at radius 3 is 2.57 bits per heavy atom. The lowest BCUT2D eigenvalue weighted by molar-refractivity contribution is -0.384. The summed E-state index contributed by atoms with van der Waals surface area (Å²) in [5, 5.41) is 14.3. The van der Waals surface area contributed by atoms with Crippen LogP contribution in [0, 0.1) is 10.1 Å². The maximum absolute atomic E-state index is 12.5. The van der Waals surface area contributed by atoms with Crippen LogP contribution >= 0.6 is 0 Å². The van der Waals surface area contributed by atoms with Gasteiger partial charge >= 0.3 is 5.97 Å². The van der Waals surface area contributed by atoms with Gasteiger partial charge in [-0.05, 0) is 29.3 Å². The molecule has 0 aliphatic carbocycles. The molecule has 0 unspecified atom stereocenters. The molecule has 3 aromatic rings. The minimum Gasteiger partial charge on any atom is -0.459 e. The molecule has 0 aliphatic rings. The quantitative estimate of drug-likeness (QED) is 0.371. The Balaban J connectivity index is 1.69. The minimum atomic E-state index is -0.838. The van der Waals surface area contributed by atoms with Crippen molar-refractivity contribution in [2.24, 2.45) is 0 Å². The Labute approximate surface area is 160 Å². The number of nitrogens with one attached hydrogen (secondary N) is 2. The Morgan fingerprint density at radius 2 is 1.89 bits per heavy atom. The van der Waals surface area contributed by atoms with E-state index in [1.165, 1.54) is 31.2 Å². The number of aromatic nitrogens is 1. The number of rotatable bonds is 7. The number of nitro benzene ring substituents is 1. The molecular weight excluding hydrogens is 362 g/mol. The lowest BCUT2D eigenvalue weighted by Crippen LogP contribution is -2.42. The molecule has 0 saturated heterocycles. The van der Waals surface area contributed by atoms with Crippen LogP contribution in [0.3, 0.4) is 0 Å². The molecule has 144 valence electrons. The molecule has 0 radical (unpaired) electrons. The summed E-state index contributed by atoms with van der Waals surface area (Å²) >= 11 is 0. The number of fused-ring (bicyclic) bond motifs is 1. The monoisotopic (exact) mass is 381 g/mol. The molecule has 0 fully saturated rings. The van der Waals surface area contributed by atoms with Gasteiger partial charge in [-0.3, -0.25) is 14.9 Å². The maximum atomic E-state index is 12.5. The van der Waals surface area contributed by atoms with Gasteiger partial charge in [-0.2, -0.15) is 0 Å². The van der Waals surface area contributed by atoms with Crippen molar-refractivity contribution in [2.75, 3.05) is 0 Å². The van der Waals surface area contributed by atoms with Gasteiger partial charge in [0.2, 0.25) is 5.91 Å². The van der Waals surface area contributed by atoms with E-state index in [2.05, 4.69) is 10.3 Å². The van der Waals surface area contributed by atoms with Crippen molar-refractivity contribution in [1.82, 2.24) is 10.3 Å². The summed E-state index contributed by atoms with van der Waals surface area (Å²) in [5.74, 6) is -0.907. The lowest BCUT2D eigenvalue weighted by atomic mass is 10.0. The first-order valence-corrected chi connectivity index (χ1v) is 8.66. The van der Waals surface area contributed by atoms with Crippen molar-refractivity contribution >= 4 is 28.5 Å². The first-order valence-electron chi connectivity index (χ1n) is 8.66. The zero-order chi connectivity index (χ0) is 20.1. The molecule has 0 aliphatic heterocycles. The smallest absolute Gasteiger partial charge is 0.329 e. The predicted molar refractivity (Wildman–Crippen MR) is 102 cm³/mol. The van der Waals surface area contributed by atoms with Gasteiger partial charge < -0.3 is 15.0 Å². The van der Waals surface area contributed by atoms with E-state index < -0.39 is 16.9 Å². The number of nitrogens with zero attached hydrogens (tertiary/aromatic N) is 1. The van der Waals surface area contributed by atoms with Crippen molar-refractivity contribution in [3.05, 3.63) is 76.0 Å². The number of para-hydroxylation sites is 1. The van der Waals surface area contributed by atoms with Gasteiger partial charge in [-0.15, -0.1) is 0 Å². The Kier molecular flexibility index (Phi) is 5.69. The molecule has 8 heteroatoms. The summed E-state index contributed by atoms with van der Waals surface area (Å²) < 4.78 is 5.32. The minimum absolute atomic E-state index is 0.0365. The van der Waals surface area contributed by atoms with Crippen LogP contribution < -0.4 is 5.32 Å². The van der Waals surface area contributed by atoms with Gasteiger partial charge in [0.1, 0.15) is 12.6 Å². The second-order valence-corrected chi connectivity index (χ2v) is 6.35. The van der Waals surface area contributed by atoms with E-state index >= 15 is 0 Å². The fourth-order valence-corrected chi connectivity index (χ4v) is 2.93. The number of nitro groups is 1. The van der Waals surface area contributed by atoms with Gasteiger partial charge in [-0.1, -0.05) is 18.2 Å². The standard InChI is InChI=1S/C20H19N3O5/c1-13(24)22-19(10-15-11-21-18-5-3-2-4-17(15)18)20(25)28-12-14-6-8-16(9-7-14)23(26)27/h2-9,11,19,21H,10,12H2,1H3,(H,22,24)/t19-/m0/s1. The average molecular weight is 381 g/mol. The molecule has 0 saturated carbocycles. The number of benzene rings is 2. The van der Waals surface area contributed by atoms with E-state index in [0.29, 0.717) is 5.56 Å². The van der Waals surface area contributed by atoms with Crippen LogP contribution in [0.25, 0.3) is 10.9 Å². The highest BCUT2D eigenvalue weighted by Crippen LogP contribution is 2.20. The van der Waals surface area contributed by atoms with Crippen molar-refractivity contribution < 1.29 is 19.2 Å². The van der Waals surface area contributed by atoms with Crippen LogP contribution in [0.15, 0.2) is 54.7 Å². The average Bonchev–Trinajstić information content (AvgIpc) is 3.08. The molecule has 1 atom stereocenters. The van der Waals surface area contributed by atoms with E-state index in [0.717, 1.165) is 16.5 Å². The summed E-state index contributed by atoms with van der Waals surface area (Å²) in [6.07, 6.45) is 2.09. The first-order chi connectivity index (χ1) is 13.4. The second kappa shape index (κ2) is 8.34. The molecule has 1 amide bonds. The van der Waals surface area contributed by atoms with Crippen LogP contribution in [0.4, 0.5) is 5.69 Å². The number of carbonyl (C=O) groups is 2. The van der Waals surface area contributed by atoms with Crippen molar-refractivity contribution in [2.45, 2.75) is 26.0 Å². The highest BCUT2D eigenvalue weighted by atomic mass is 16.6. The number of carbonyl (C=O) groups excluding carboxylic acids is 2. The highest BCUT2D eigenvalue weighted by molar-refractivity contribution is 5.86. The van der Waals surface area contributed by atoms with Gasteiger partial charge in [0.15, 0.2) is 0 Å². The maximum Gasteiger partial charge on any atom is 0.329 e. The number of hydrogen-bond acceptors (Lipinski definition) is 5. The topological polar surface area (TPSA) is 114 Å². The van der Waals surface area contributed by atoms with E-state index in [4.69, 9.17) is 4.74 Å². The van der Waals surface area contributed by atoms with Crippen LogP contribution in [-0.2, 0) is 27.4 Å². The van der Waals surface area contributed by atoms with Crippen molar-refractivity contribution in [3.63, 3.8) is 0 Å². The molecule has 2 aromatic carbocycles. The normalized spacial score (nSPS) is 11.8. The number of ether oxygens (including phenoxy) is 1. The molecule has 0 bridgehead atoms. The molecule has 1 aromatic heterocycles. The van der Waals surface area contributed by atoms with E-state index in [9.17, 15) is 19.7 Å². The summed E-state index contributed by atoms with van der Waals surface area (Å²) in [7, 11) is 0. The van der Waals surface area contributed by atoms with Gasteiger partial charge in [0, 0.05) is 42.6 Å². The van der Waals surface area contributed by atoms with E-state index in [1.807, 2.05) is 30.5 Å². The van der Waals surface area contributed by atoms with Crippen molar-refractivity contribution in [1.29, 1.82) is 0 Å². The molecule has 1 heterocycles. The molecule has 8 nitrogen and oxygen atoms in total. The molecule has 28 heavy (non-hydrogen) atoms. The fourth-order valence-electron chi connectivity index (χ4n) is 2.93. The summed E-state index contributed by atoms with van der Waals surface area (Å²) in [5.41, 5.74) is 2.41. The number of amides is 1. The summed E-state index contributed by atoms with van der Waals surface area (Å²) in [6.45, 7) is 1.30. The third-order valence-corrected chi connectivity index (χ3v) is 4.29. The zero-order valence-electron chi connectivity index (χ0n) is 15.2. The van der Waals surface area contributed by atoms with Crippen LogP contribution in [-0.4, -0.2) is 27.8 Å². The number of non-ortho nitro benzene ring substituents is 1. The Hall–Kier alpha value is -3.68. The second-order valence-electron chi connectivity index (χ2n) is 6.35. The Morgan fingerprint density at radius 1 is 1.18 bits per heavy atom. The van der Waals surface area contributed by atoms with Crippen LogP contribution in [0.1, 0.15) is 18.1 Å². The van der Waals surface area contributed by atoms with Gasteiger partial charge in [-0.25, -0.2) is 4.79 Å². The number of hydrogen-bond donors (Lipinski definition) is 2. The number of esters is 1. The van der Waals surface area contributed by atoms with Gasteiger partial charge in [0.25, 0.3) is 5.69 Å². The first kappa shape index (κ1) is 19.1. The van der Waals surface area contributed by atoms with Crippen LogP contribution in [0.5, 0.6) is 0 Å². The number of aromatic amines is 1. The summed E-state index contributed by atoms with van der Waals surface area (Å²) in [6, 6.07) is 12.6. The largest absolute Gasteiger partial charge is 0.459 e. The Bertz CT molecular complexity index is 1010. The molecule has 0 spiro atoms. The van der Waals surface area contributed by atoms with Crippen LogP contribution in [0.2, 0.25) is 0 Å². The molecule has 3 rings (SSSR count). The third kappa shape index (κ3) is 4.53.